The average Bonchev–Trinajstić information content (AvgIpc) is 2.42. The normalized spacial score (nSPS) is 11.9. The van der Waals surface area contributed by atoms with Crippen molar-refractivity contribution in [2.75, 3.05) is 0 Å². The minimum absolute atomic E-state index is 0.130. The Morgan fingerprint density at radius 3 is 2.14 bits per heavy atom. The lowest BCUT2D eigenvalue weighted by Crippen LogP contribution is -2.04. The molecule has 0 amide bonds. The standard InChI is InChI=1S/C14H9NO5S/c16-15(17)13-6-5-11-7-9-3-1-2-4-10(9)8-12(11)14(13)21(18,19)20/h1-8H,(H,18,19,20). The van der Waals surface area contributed by atoms with Crippen LogP contribution >= 0.6 is 0 Å². The minimum atomic E-state index is -4.72. The van der Waals surface area contributed by atoms with Crippen LogP contribution in [0.4, 0.5) is 5.69 Å². The van der Waals surface area contributed by atoms with Crippen molar-refractivity contribution in [3.05, 3.63) is 58.6 Å². The molecule has 0 bridgehead atoms. The van der Waals surface area contributed by atoms with Gasteiger partial charge in [0.25, 0.3) is 5.69 Å². The van der Waals surface area contributed by atoms with Crippen LogP contribution in [0, 0.1) is 10.1 Å². The second-order valence-corrected chi connectivity index (χ2v) is 5.92. The van der Waals surface area contributed by atoms with Gasteiger partial charge in [-0.3, -0.25) is 14.7 Å². The Balaban J connectivity index is 2.55. The van der Waals surface area contributed by atoms with E-state index < -0.39 is 25.6 Å². The molecular weight excluding hydrogens is 294 g/mol. The Kier molecular flexibility index (Phi) is 2.89. The van der Waals surface area contributed by atoms with Gasteiger partial charge in [0.1, 0.15) is 0 Å². The lowest BCUT2D eigenvalue weighted by Gasteiger charge is -2.07. The molecular formula is C14H9NO5S. The zero-order chi connectivity index (χ0) is 15.2. The number of nitrogens with zero attached hydrogens (tertiary/aromatic N) is 1. The van der Waals surface area contributed by atoms with E-state index in [2.05, 4.69) is 0 Å². The highest BCUT2D eigenvalue weighted by Crippen LogP contribution is 2.34. The van der Waals surface area contributed by atoms with E-state index in [0.29, 0.717) is 5.39 Å². The molecule has 0 saturated carbocycles. The van der Waals surface area contributed by atoms with E-state index in [0.717, 1.165) is 16.8 Å². The fourth-order valence-electron chi connectivity index (χ4n) is 2.39. The van der Waals surface area contributed by atoms with Crippen molar-refractivity contribution < 1.29 is 17.9 Å². The second-order valence-electron chi connectivity index (χ2n) is 4.57. The number of nitro benzene ring substituents is 1. The highest BCUT2D eigenvalue weighted by molar-refractivity contribution is 7.86. The van der Waals surface area contributed by atoms with Crippen LogP contribution in [0.1, 0.15) is 0 Å². The molecule has 3 aromatic rings. The topological polar surface area (TPSA) is 97.5 Å². The molecule has 7 heteroatoms. The third kappa shape index (κ3) is 2.22. The predicted octanol–water partition coefficient (Wildman–Crippen LogP) is 3.15. The highest BCUT2D eigenvalue weighted by atomic mass is 32.2. The first-order valence-corrected chi connectivity index (χ1v) is 7.39. The van der Waals surface area contributed by atoms with Gasteiger partial charge in [-0.2, -0.15) is 8.42 Å². The highest BCUT2D eigenvalue weighted by Gasteiger charge is 2.27. The van der Waals surface area contributed by atoms with E-state index in [1.165, 1.54) is 12.1 Å². The van der Waals surface area contributed by atoms with Crippen molar-refractivity contribution in [2.45, 2.75) is 4.90 Å². The summed E-state index contributed by atoms with van der Waals surface area (Å²) in [4.78, 5) is 9.51. The molecule has 1 N–H and O–H groups in total. The Morgan fingerprint density at radius 1 is 0.952 bits per heavy atom. The Hall–Kier alpha value is -2.51. The summed E-state index contributed by atoms with van der Waals surface area (Å²) in [5.74, 6) is 0. The molecule has 0 radical (unpaired) electrons. The molecule has 0 aliphatic heterocycles. The fourth-order valence-corrected chi connectivity index (χ4v) is 3.25. The van der Waals surface area contributed by atoms with Crippen molar-refractivity contribution in [3.8, 4) is 0 Å². The smallest absolute Gasteiger partial charge is 0.282 e. The third-order valence-corrected chi connectivity index (χ3v) is 4.22. The van der Waals surface area contributed by atoms with Crippen molar-refractivity contribution in [2.24, 2.45) is 0 Å². The molecule has 0 aromatic heterocycles. The van der Waals surface area contributed by atoms with Crippen LogP contribution in [-0.4, -0.2) is 17.9 Å². The monoisotopic (exact) mass is 303 g/mol. The van der Waals surface area contributed by atoms with Crippen LogP contribution in [0.2, 0.25) is 0 Å². The van der Waals surface area contributed by atoms with Gasteiger partial charge in [-0.15, -0.1) is 0 Å². The van der Waals surface area contributed by atoms with Crippen LogP contribution in [0.15, 0.2) is 53.4 Å². The van der Waals surface area contributed by atoms with Crippen LogP contribution in [0.25, 0.3) is 21.5 Å². The molecule has 6 nitrogen and oxygen atoms in total. The first-order chi connectivity index (χ1) is 9.88. The molecule has 0 spiro atoms. The fraction of sp³-hybridized carbons (Fsp3) is 0. The summed E-state index contributed by atoms with van der Waals surface area (Å²) in [6, 6.07) is 13.0. The number of hydrogen-bond acceptors (Lipinski definition) is 4. The Bertz CT molecular complexity index is 995. The van der Waals surface area contributed by atoms with E-state index in [4.69, 9.17) is 0 Å². The molecule has 0 saturated heterocycles. The van der Waals surface area contributed by atoms with Crippen molar-refractivity contribution in [1.82, 2.24) is 0 Å². The van der Waals surface area contributed by atoms with E-state index >= 15 is 0 Å². The maximum atomic E-state index is 11.6. The summed E-state index contributed by atoms with van der Waals surface area (Å²) < 4.78 is 32.5. The van der Waals surface area contributed by atoms with Gasteiger partial charge in [-0.05, 0) is 34.4 Å². The van der Waals surface area contributed by atoms with Gasteiger partial charge in [-0.1, -0.05) is 24.3 Å². The largest absolute Gasteiger partial charge is 0.302 e. The van der Waals surface area contributed by atoms with Gasteiger partial charge in [0, 0.05) is 11.5 Å². The first kappa shape index (κ1) is 13.5. The summed E-state index contributed by atoms with van der Waals surface area (Å²) >= 11 is 0. The van der Waals surface area contributed by atoms with Crippen molar-refractivity contribution in [3.63, 3.8) is 0 Å². The lowest BCUT2D eigenvalue weighted by molar-refractivity contribution is -0.387. The van der Waals surface area contributed by atoms with Crippen molar-refractivity contribution in [1.29, 1.82) is 0 Å². The van der Waals surface area contributed by atoms with Gasteiger partial charge in [-0.25, -0.2) is 0 Å². The number of fused-ring (bicyclic) bond motifs is 2. The van der Waals surface area contributed by atoms with Crippen LogP contribution in [-0.2, 0) is 10.1 Å². The molecule has 21 heavy (non-hydrogen) atoms. The molecule has 0 fully saturated rings. The zero-order valence-electron chi connectivity index (χ0n) is 10.6. The molecule has 0 heterocycles. The van der Waals surface area contributed by atoms with Crippen LogP contribution in [0.5, 0.6) is 0 Å². The maximum absolute atomic E-state index is 11.6. The molecule has 3 rings (SSSR count). The quantitative estimate of drug-likeness (QED) is 0.339. The summed E-state index contributed by atoms with van der Waals surface area (Å²) in [5, 5.41) is 13.2. The first-order valence-electron chi connectivity index (χ1n) is 5.95. The molecule has 0 aliphatic carbocycles. The number of rotatable bonds is 2. The maximum Gasteiger partial charge on any atom is 0.302 e. The van der Waals surface area contributed by atoms with Gasteiger partial charge in [0.05, 0.1) is 4.92 Å². The van der Waals surface area contributed by atoms with E-state index in [1.54, 1.807) is 18.2 Å². The summed E-state index contributed by atoms with van der Waals surface area (Å²) in [7, 11) is -4.72. The Morgan fingerprint density at radius 2 is 1.57 bits per heavy atom. The summed E-state index contributed by atoms with van der Waals surface area (Å²) in [5.41, 5.74) is -0.639. The number of nitro groups is 1. The van der Waals surface area contributed by atoms with Gasteiger partial charge < -0.3 is 0 Å². The number of benzene rings is 3. The predicted molar refractivity (Wildman–Crippen MR) is 77.9 cm³/mol. The molecule has 0 unspecified atom stereocenters. The molecule has 106 valence electrons. The van der Waals surface area contributed by atoms with E-state index in [9.17, 15) is 23.1 Å². The third-order valence-electron chi connectivity index (χ3n) is 3.27. The van der Waals surface area contributed by atoms with Gasteiger partial charge in [0.2, 0.25) is 0 Å². The number of hydrogen-bond donors (Lipinski definition) is 1. The van der Waals surface area contributed by atoms with E-state index in [-0.39, 0.29) is 5.39 Å². The second kappa shape index (κ2) is 4.51. The van der Waals surface area contributed by atoms with Crippen LogP contribution < -0.4 is 0 Å². The zero-order valence-corrected chi connectivity index (χ0v) is 11.4. The molecule has 0 atom stereocenters. The van der Waals surface area contributed by atoms with Gasteiger partial charge >= 0.3 is 10.1 Å². The molecule has 3 aromatic carbocycles. The van der Waals surface area contributed by atoms with Crippen LogP contribution in [0.3, 0.4) is 0 Å². The van der Waals surface area contributed by atoms with Gasteiger partial charge in [0.15, 0.2) is 4.90 Å². The molecule has 0 aliphatic rings. The summed E-state index contributed by atoms with van der Waals surface area (Å²) in [6.07, 6.45) is 0. The van der Waals surface area contributed by atoms with E-state index in [1.807, 2.05) is 12.1 Å². The Labute approximate surface area is 119 Å². The van der Waals surface area contributed by atoms with Crippen molar-refractivity contribution >= 4 is 37.4 Å². The average molecular weight is 303 g/mol. The summed E-state index contributed by atoms with van der Waals surface area (Å²) in [6.45, 7) is 0. The minimum Gasteiger partial charge on any atom is -0.282 e. The lowest BCUT2D eigenvalue weighted by atomic mass is 10.0. The SMILES string of the molecule is O=[N+]([O-])c1ccc2cc3ccccc3cc2c1S(=O)(=O)O.